The summed E-state index contributed by atoms with van der Waals surface area (Å²) in [4.78, 5) is 1.75. The van der Waals surface area contributed by atoms with Crippen molar-refractivity contribution >= 4 is 51.0 Å². The Labute approximate surface area is 153 Å². The van der Waals surface area contributed by atoms with E-state index in [4.69, 9.17) is 39.5 Å². The van der Waals surface area contributed by atoms with Crippen molar-refractivity contribution in [1.29, 1.82) is 0 Å². The summed E-state index contributed by atoms with van der Waals surface area (Å²) in [5.74, 6) is 0.187. The van der Waals surface area contributed by atoms with Crippen LogP contribution in [0.1, 0.15) is 5.56 Å². The zero-order valence-corrected chi connectivity index (χ0v) is 15.2. The molecule has 0 spiro atoms. The van der Waals surface area contributed by atoms with Gasteiger partial charge in [0.05, 0.1) is 28.4 Å². The van der Waals surface area contributed by atoms with Crippen LogP contribution >= 0.6 is 34.8 Å². The number of ether oxygens (including phenoxy) is 1. The third kappa shape index (κ3) is 4.24. The van der Waals surface area contributed by atoms with E-state index in [1.807, 2.05) is 4.83 Å². The van der Waals surface area contributed by atoms with Gasteiger partial charge in [0.1, 0.15) is 4.90 Å². The second-order valence-electron chi connectivity index (χ2n) is 4.48. The molecule has 2 aromatic carbocycles. The average molecular weight is 410 g/mol. The zero-order chi connectivity index (χ0) is 17.9. The van der Waals surface area contributed by atoms with Crippen LogP contribution in [0.2, 0.25) is 15.1 Å². The summed E-state index contributed by atoms with van der Waals surface area (Å²) in [6.07, 6.45) is 1.21. The minimum absolute atomic E-state index is 0.0468. The molecule has 0 aliphatic carbocycles. The Balaban J connectivity index is 2.21. The number of nitrogens with zero attached hydrogens (tertiary/aromatic N) is 1. The van der Waals surface area contributed by atoms with Gasteiger partial charge in [-0.1, -0.05) is 34.8 Å². The number of phenolic OH excluding ortho intramolecular Hbond substituents is 1. The lowest BCUT2D eigenvalue weighted by Gasteiger charge is -2.07. The van der Waals surface area contributed by atoms with Crippen LogP contribution in [0.15, 0.2) is 40.3 Å². The molecule has 2 aromatic rings. The summed E-state index contributed by atoms with van der Waals surface area (Å²) in [6, 6.07) is 6.82. The predicted molar refractivity (Wildman–Crippen MR) is 94.0 cm³/mol. The molecule has 0 unspecified atom stereocenters. The van der Waals surface area contributed by atoms with Crippen molar-refractivity contribution in [2.24, 2.45) is 5.10 Å². The molecule has 6 nitrogen and oxygen atoms in total. The number of methoxy groups -OCH3 is 1. The number of benzene rings is 2. The molecule has 10 heteroatoms. The Morgan fingerprint density at radius 3 is 2.42 bits per heavy atom. The van der Waals surface area contributed by atoms with Gasteiger partial charge in [-0.3, -0.25) is 0 Å². The third-order valence-corrected chi connectivity index (χ3v) is 5.26. The summed E-state index contributed by atoms with van der Waals surface area (Å²) in [5, 5.41) is 13.4. The monoisotopic (exact) mass is 408 g/mol. The highest BCUT2D eigenvalue weighted by molar-refractivity contribution is 7.89. The summed E-state index contributed by atoms with van der Waals surface area (Å²) in [7, 11) is -2.62. The molecular weight excluding hydrogens is 399 g/mol. The van der Waals surface area contributed by atoms with E-state index in [2.05, 4.69) is 5.10 Å². The van der Waals surface area contributed by atoms with Crippen LogP contribution in [0.3, 0.4) is 0 Å². The quantitative estimate of drug-likeness (QED) is 0.448. The number of nitrogens with one attached hydrogen (secondary N) is 1. The Kier molecular flexibility index (Phi) is 5.82. The van der Waals surface area contributed by atoms with Crippen molar-refractivity contribution in [3.05, 3.63) is 51.0 Å². The molecule has 2 N–H and O–H groups in total. The first-order valence-corrected chi connectivity index (χ1v) is 8.92. The Hall–Kier alpha value is -1.67. The summed E-state index contributed by atoms with van der Waals surface area (Å²) >= 11 is 17.4. The second kappa shape index (κ2) is 7.48. The van der Waals surface area contributed by atoms with Gasteiger partial charge in [-0.15, -0.1) is 0 Å². The lowest BCUT2D eigenvalue weighted by molar-refractivity contribution is 0.373. The summed E-state index contributed by atoms with van der Waals surface area (Å²) < 4.78 is 29.3. The number of hydrazone groups is 1. The fourth-order valence-corrected chi connectivity index (χ4v) is 3.51. The normalized spacial score (nSPS) is 11.7. The van der Waals surface area contributed by atoms with Crippen LogP contribution in [-0.2, 0) is 10.0 Å². The molecule has 0 aromatic heterocycles. The molecule has 0 amide bonds. The maximum atomic E-state index is 12.2. The Morgan fingerprint density at radius 1 is 1.12 bits per heavy atom. The molecule has 0 fully saturated rings. The molecule has 0 bridgehead atoms. The van der Waals surface area contributed by atoms with Crippen molar-refractivity contribution in [3.8, 4) is 11.5 Å². The van der Waals surface area contributed by atoms with Crippen molar-refractivity contribution in [3.63, 3.8) is 0 Å². The van der Waals surface area contributed by atoms with Crippen molar-refractivity contribution in [1.82, 2.24) is 4.83 Å². The highest BCUT2D eigenvalue weighted by Gasteiger charge is 2.19. The van der Waals surface area contributed by atoms with E-state index in [1.54, 1.807) is 6.07 Å². The average Bonchev–Trinajstić information content (AvgIpc) is 2.50. The van der Waals surface area contributed by atoms with Crippen LogP contribution in [0.4, 0.5) is 0 Å². The van der Waals surface area contributed by atoms with Crippen LogP contribution in [0, 0.1) is 0 Å². The molecular formula is C14H11Cl3N2O4S. The van der Waals surface area contributed by atoms with Crippen LogP contribution in [0.5, 0.6) is 11.5 Å². The van der Waals surface area contributed by atoms with Gasteiger partial charge >= 0.3 is 0 Å². The van der Waals surface area contributed by atoms with Gasteiger partial charge in [-0.2, -0.15) is 13.5 Å². The molecule has 0 radical (unpaired) electrons. The highest BCUT2D eigenvalue weighted by atomic mass is 35.5. The first-order chi connectivity index (χ1) is 11.2. The van der Waals surface area contributed by atoms with E-state index in [9.17, 15) is 13.5 Å². The van der Waals surface area contributed by atoms with Crippen LogP contribution in [-0.4, -0.2) is 26.8 Å². The van der Waals surface area contributed by atoms with Gasteiger partial charge in [0.15, 0.2) is 11.5 Å². The van der Waals surface area contributed by atoms with E-state index < -0.39 is 10.0 Å². The van der Waals surface area contributed by atoms with Gasteiger partial charge in [0, 0.05) is 0 Å². The van der Waals surface area contributed by atoms with E-state index in [1.165, 1.54) is 31.5 Å². The SMILES string of the molecule is COc1ccc(/C=N\NS(=O)(=O)c2cc(Cl)c(Cl)cc2Cl)cc1O. The Bertz CT molecular complexity index is 901. The maximum Gasteiger partial charge on any atom is 0.278 e. The molecule has 0 saturated heterocycles. The number of halogens is 3. The van der Waals surface area contributed by atoms with Crippen molar-refractivity contribution in [2.45, 2.75) is 4.90 Å². The minimum Gasteiger partial charge on any atom is -0.504 e. The number of aromatic hydroxyl groups is 1. The molecule has 0 aliphatic heterocycles. The predicted octanol–water partition coefficient (Wildman–Crippen LogP) is 3.67. The number of sulfonamides is 1. The topological polar surface area (TPSA) is 88.0 Å². The molecule has 24 heavy (non-hydrogen) atoms. The zero-order valence-electron chi connectivity index (χ0n) is 12.1. The number of hydrogen-bond acceptors (Lipinski definition) is 5. The molecule has 0 aliphatic rings. The van der Waals surface area contributed by atoms with E-state index >= 15 is 0 Å². The molecule has 2 rings (SSSR count). The minimum atomic E-state index is -4.03. The van der Waals surface area contributed by atoms with Gasteiger partial charge in [0.2, 0.25) is 0 Å². The number of rotatable bonds is 5. The fraction of sp³-hybridized carbons (Fsp3) is 0.0714. The van der Waals surface area contributed by atoms with E-state index in [-0.39, 0.29) is 31.5 Å². The van der Waals surface area contributed by atoms with Gasteiger partial charge in [0.25, 0.3) is 10.0 Å². The van der Waals surface area contributed by atoms with E-state index in [0.717, 1.165) is 6.07 Å². The number of phenols is 1. The summed E-state index contributed by atoms with van der Waals surface area (Å²) in [5.41, 5.74) is 0.455. The van der Waals surface area contributed by atoms with E-state index in [0.29, 0.717) is 5.56 Å². The first-order valence-electron chi connectivity index (χ1n) is 6.31. The fourth-order valence-electron chi connectivity index (χ4n) is 1.72. The lowest BCUT2D eigenvalue weighted by Crippen LogP contribution is -2.18. The largest absolute Gasteiger partial charge is 0.504 e. The maximum absolute atomic E-state index is 12.2. The Morgan fingerprint density at radius 2 is 1.79 bits per heavy atom. The van der Waals surface area contributed by atoms with Gasteiger partial charge < -0.3 is 9.84 Å². The number of hydrogen-bond donors (Lipinski definition) is 2. The van der Waals surface area contributed by atoms with Gasteiger partial charge in [-0.25, -0.2) is 4.83 Å². The van der Waals surface area contributed by atoms with Crippen molar-refractivity contribution in [2.75, 3.05) is 7.11 Å². The third-order valence-electron chi connectivity index (χ3n) is 2.85. The smallest absolute Gasteiger partial charge is 0.278 e. The van der Waals surface area contributed by atoms with Gasteiger partial charge in [-0.05, 0) is 35.9 Å². The highest BCUT2D eigenvalue weighted by Crippen LogP contribution is 2.31. The van der Waals surface area contributed by atoms with Crippen molar-refractivity contribution < 1.29 is 18.3 Å². The van der Waals surface area contributed by atoms with Crippen LogP contribution < -0.4 is 9.57 Å². The first kappa shape index (κ1) is 18.7. The standard InChI is InChI=1S/C14H11Cl3N2O4S/c1-23-13-3-2-8(4-12(13)20)7-18-19-24(21,22)14-6-10(16)9(15)5-11(14)17/h2-7,19-20H,1H3/b18-7-. The summed E-state index contributed by atoms with van der Waals surface area (Å²) in [6.45, 7) is 0. The molecule has 128 valence electrons. The molecule has 0 saturated carbocycles. The lowest BCUT2D eigenvalue weighted by atomic mass is 10.2. The molecule has 0 heterocycles. The second-order valence-corrected chi connectivity index (χ2v) is 7.33. The van der Waals surface area contributed by atoms with Crippen LogP contribution in [0.25, 0.3) is 0 Å². The molecule has 0 atom stereocenters.